The van der Waals surface area contributed by atoms with Crippen molar-refractivity contribution in [3.8, 4) is 0 Å². The Morgan fingerprint density at radius 3 is 2.33 bits per heavy atom. The van der Waals surface area contributed by atoms with Crippen LogP contribution in [0.3, 0.4) is 0 Å². The van der Waals surface area contributed by atoms with Crippen molar-refractivity contribution >= 4 is 5.91 Å². The number of furan rings is 1. The zero-order valence-corrected chi connectivity index (χ0v) is 11.8. The minimum absolute atomic E-state index is 0.0315. The standard InChI is InChI=1S/C14H22N2O2/c1-7-8(2)18-9(3)12(7)13(17)16-11-6-10(15)14(11,4)5/h10-11H,6,15H2,1-5H3,(H,16,17). The quantitative estimate of drug-likeness (QED) is 0.844. The molecule has 4 nitrogen and oxygen atoms in total. The normalized spacial score (nSPS) is 25.7. The summed E-state index contributed by atoms with van der Waals surface area (Å²) in [6.07, 6.45) is 0.841. The van der Waals surface area contributed by atoms with Gasteiger partial charge in [-0.2, -0.15) is 0 Å². The second-order valence-corrected chi connectivity index (χ2v) is 5.90. The van der Waals surface area contributed by atoms with Crippen LogP contribution in [0.25, 0.3) is 0 Å². The molecule has 18 heavy (non-hydrogen) atoms. The molecular formula is C14H22N2O2. The smallest absolute Gasteiger partial charge is 0.255 e. The molecule has 1 heterocycles. The molecule has 1 aliphatic carbocycles. The zero-order chi connectivity index (χ0) is 13.7. The summed E-state index contributed by atoms with van der Waals surface area (Å²) >= 11 is 0. The maximum atomic E-state index is 12.3. The number of aryl methyl sites for hydroxylation is 2. The lowest BCUT2D eigenvalue weighted by atomic mass is 9.63. The fourth-order valence-electron chi connectivity index (χ4n) is 2.56. The third kappa shape index (κ3) is 1.85. The van der Waals surface area contributed by atoms with Gasteiger partial charge in [0.15, 0.2) is 0 Å². The number of nitrogens with two attached hydrogens (primary N) is 1. The van der Waals surface area contributed by atoms with E-state index in [0.717, 1.165) is 17.7 Å². The van der Waals surface area contributed by atoms with Gasteiger partial charge in [0.1, 0.15) is 11.5 Å². The molecule has 1 amide bonds. The molecule has 3 N–H and O–H groups in total. The fraction of sp³-hybridized carbons (Fsp3) is 0.643. The van der Waals surface area contributed by atoms with Gasteiger partial charge in [0.2, 0.25) is 0 Å². The van der Waals surface area contributed by atoms with Crippen LogP contribution in [-0.2, 0) is 0 Å². The molecule has 2 rings (SSSR count). The zero-order valence-electron chi connectivity index (χ0n) is 11.8. The number of nitrogens with one attached hydrogen (secondary N) is 1. The van der Waals surface area contributed by atoms with Gasteiger partial charge in [-0.05, 0) is 27.2 Å². The van der Waals surface area contributed by atoms with Gasteiger partial charge >= 0.3 is 0 Å². The number of amides is 1. The van der Waals surface area contributed by atoms with Crippen molar-refractivity contribution in [2.75, 3.05) is 0 Å². The highest BCUT2D eigenvalue weighted by Gasteiger charge is 2.46. The van der Waals surface area contributed by atoms with E-state index >= 15 is 0 Å². The molecule has 0 radical (unpaired) electrons. The lowest BCUT2D eigenvalue weighted by Gasteiger charge is -2.50. The van der Waals surface area contributed by atoms with Gasteiger partial charge in [-0.1, -0.05) is 13.8 Å². The van der Waals surface area contributed by atoms with Crippen molar-refractivity contribution in [2.45, 2.75) is 53.1 Å². The molecule has 4 heteroatoms. The Morgan fingerprint density at radius 1 is 1.33 bits per heavy atom. The maximum Gasteiger partial charge on any atom is 0.255 e. The monoisotopic (exact) mass is 250 g/mol. The second-order valence-electron chi connectivity index (χ2n) is 5.90. The average Bonchev–Trinajstić information content (AvgIpc) is 2.52. The van der Waals surface area contributed by atoms with E-state index in [2.05, 4.69) is 19.2 Å². The largest absolute Gasteiger partial charge is 0.466 e. The summed E-state index contributed by atoms with van der Waals surface area (Å²) in [6.45, 7) is 9.80. The second kappa shape index (κ2) is 4.12. The van der Waals surface area contributed by atoms with E-state index in [4.69, 9.17) is 10.2 Å². The lowest BCUT2D eigenvalue weighted by Crippen LogP contribution is -2.64. The van der Waals surface area contributed by atoms with Crippen molar-refractivity contribution in [1.82, 2.24) is 5.32 Å². The highest BCUT2D eigenvalue weighted by Crippen LogP contribution is 2.39. The molecule has 0 bridgehead atoms. The molecule has 1 fully saturated rings. The van der Waals surface area contributed by atoms with Crippen LogP contribution in [0.15, 0.2) is 4.42 Å². The lowest BCUT2D eigenvalue weighted by molar-refractivity contribution is 0.0585. The van der Waals surface area contributed by atoms with E-state index in [-0.39, 0.29) is 23.4 Å². The molecule has 2 atom stereocenters. The summed E-state index contributed by atoms with van der Waals surface area (Å²) in [6, 6.07) is 0.310. The van der Waals surface area contributed by atoms with E-state index in [9.17, 15) is 4.79 Å². The first-order chi connectivity index (χ1) is 8.25. The van der Waals surface area contributed by atoms with Crippen molar-refractivity contribution < 1.29 is 9.21 Å². The predicted octanol–water partition coefficient (Wildman–Crippen LogP) is 2.06. The molecule has 1 aliphatic rings. The number of rotatable bonds is 2. The van der Waals surface area contributed by atoms with Crippen LogP contribution in [-0.4, -0.2) is 18.0 Å². The Labute approximate surface area is 108 Å². The Hall–Kier alpha value is -1.29. The molecule has 1 aromatic rings. The van der Waals surface area contributed by atoms with Gasteiger partial charge in [0, 0.05) is 23.1 Å². The van der Waals surface area contributed by atoms with E-state index in [1.54, 1.807) is 0 Å². The van der Waals surface area contributed by atoms with Gasteiger partial charge in [0.25, 0.3) is 5.91 Å². The third-order valence-electron chi connectivity index (χ3n) is 4.44. The van der Waals surface area contributed by atoms with Gasteiger partial charge < -0.3 is 15.5 Å². The SMILES string of the molecule is Cc1oc(C)c(C(=O)NC2CC(N)C2(C)C)c1C. The highest BCUT2D eigenvalue weighted by atomic mass is 16.3. The van der Waals surface area contributed by atoms with Crippen LogP contribution in [0.2, 0.25) is 0 Å². The Bertz CT molecular complexity index is 488. The predicted molar refractivity (Wildman–Crippen MR) is 70.5 cm³/mol. The number of hydrogen-bond donors (Lipinski definition) is 2. The summed E-state index contributed by atoms with van der Waals surface area (Å²) in [7, 11) is 0. The van der Waals surface area contributed by atoms with Crippen LogP contribution >= 0.6 is 0 Å². The third-order valence-corrected chi connectivity index (χ3v) is 4.44. The Morgan fingerprint density at radius 2 is 1.94 bits per heavy atom. The molecule has 100 valence electrons. The average molecular weight is 250 g/mol. The van der Waals surface area contributed by atoms with Crippen LogP contribution in [0.1, 0.15) is 47.7 Å². The van der Waals surface area contributed by atoms with Crippen molar-refractivity contribution in [2.24, 2.45) is 11.1 Å². The number of hydrogen-bond acceptors (Lipinski definition) is 3. The summed E-state index contributed by atoms with van der Waals surface area (Å²) in [4.78, 5) is 12.3. The number of carbonyl (C=O) groups excluding carboxylic acids is 1. The minimum atomic E-state index is -0.0492. The Kier molecular flexibility index (Phi) is 3.01. The summed E-state index contributed by atoms with van der Waals surface area (Å²) < 4.78 is 5.49. The fourth-order valence-corrected chi connectivity index (χ4v) is 2.56. The topological polar surface area (TPSA) is 68.3 Å². The first kappa shape index (κ1) is 13.1. The van der Waals surface area contributed by atoms with E-state index < -0.39 is 0 Å². The van der Waals surface area contributed by atoms with Crippen LogP contribution in [0, 0.1) is 26.2 Å². The number of carbonyl (C=O) groups is 1. The molecule has 1 aromatic heterocycles. The molecule has 0 spiro atoms. The van der Waals surface area contributed by atoms with Crippen molar-refractivity contribution in [1.29, 1.82) is 0 Å². The van der Waals surface area contributed by atoms with Gasteiger partial charge in [-0.3, -0.25) is 4.79 Å². The molecule has 1 saturated carbocycles. The summed E-state index contributed by atoms with van der Waals surface area (Å²) in [5.74, 6) is 1.44. The summed E-state index contributed by atoms with van der Waals surface area (Å²) in [5.41, 5.74) is 7.52. The maximum absolute atomic E-state index is 12.3. The van der Waals surface area contributed by atoms with Crippen molar-refractivity contribution in [3.63, 3.8) is 0 Å². The summed E-state index contributed by atoms with van der Waals surface area (Å²) in [5, 5.41) is 3.07. The van der Waals surface area contributed by atoms with E-state index in [1.165, 1.54) is 0 Å². The van der Waals surface area contributed by atoms with Crippen molar-refractivity contribution in [3.05, 3.63) is 22.6 Å². The van der Waals surface area contributed by atoms with Crippen LogP contribution < -0.4 is 11.1 Å². The Balaban J connectivity index is 2.14. The van der Waals surface area contributed by atoms with Gasteiger partial charge in [-0.25, -0.2) is 0 Å². The first-order valence-corrected chi connectivity index (χ1v) is 6.38. The van der Waals surface area contributed by atoms with E-state index in [1.807, 2.05) is 20.8 Å². The molecule has 0 saturated heterocycles. The van der Waals surface area contributed by atoms with Crippen LogP contribution in [0.4, 0.5) is 0 Å². The van der Waals surface area contributed by atoms with E-state index in [0.29, 0.717) is 11.3 Å². The minimum Gasteiger partial charge on any atom is -0.466 e. The van der Waals surface area contributed by atoms with Gasteiger partial charge in [0.05, 0.1) is 5.56 Å². The molecule has 0 aliphatic heterocycles. The molecule has 0 aromatic carbocycles. The van der Waals surface area contributed by atoms with Crippen LogP contribution in [0.5, 0.6) is 0 Å². The highest BCUT2D eigenvalue weighted by molar-refractivity contribution is 5.97. The molecular weight excluding hydrogens is 228 g/mol. The molecule has 2 unspecified atom stereocenters. The first-order valence-electron chi connectivity index (χ1n) is 6.38. The van der Waals surface area contributed by atoms with Gasteiger partial charge in [-0.15, -0.1) is 0 Å².